The number of benzene rings is 2. The second-order valence-electron chi connectivity index (χ2n) is 4.76. The molecule has 0 amide bonds. The normalized spacial score (nSPS) is 10.9. The molecule has 0 atom stereocenters. The van der Waals surface area contributed by atoms with Gasteiger partial charge in [0.05, 0.1) is 14.2 Å². The van der Waals surface area contributed by atoms with Gasteiger partial charge in [0.2, 0.25) is 0 Å². The number of sulfonamides is 1. The molecule has 0 heterocycles. The molecule has 122 valence electrons. The third-order valence-electron chi connectivity index (χ3n) is 3.18. The maximum Gasteiger partial charge on any atom is 0.265 e. The topological polar surface area (TPSA) is 81.7 Å². The Labute approximate surface area is 135 Å². The standard InChI is InChI=1S/C16H17NO5S/c1-11(18)12-5-4-6-13(9-12)17-23(19,20)16-8-7-14(21-2)10-15(16)22-3/h4-10,17H,1-3H3. The highest BCUT2D eigenvalue weighted by Crippen LogP contribution is 2.29. The Kier molecular flexibility index (Phi) is 4.90. The summed E-state index contributed by atoms with van der Waals surface area (Å²) in [6.07, 6.45) is 0. The molecule has 1 N–H and O–H groups in total. The van der Waals surface area contributed by atoms with Gasteiger partial charge in [-0.25, -0.2) is 8.42 Å². The van der Waals surface area contributed by atoms with Crippen LogP contribution in [0.25, 0.3) is 0 Å². The lowest BCUT2D eigenvalue weighted by Crippen LogP contribution is -2.14. The summed E-state index contributed by atoms with van der Waals surface area (Å²) in [5.41, 5.74) is 0.725. The Bertz CT molecular complexity index is 830. The van der Waals surface area contributed by atoms with Crippen molar-refractivity contribution < 1.29 is 22.7 Å². The van der Waals surface area contributed by atoms with E-state index in [0.29, 0.717) is 17.0 Å². The second kappa shape index (κ2) is 6.70. The highest BCUT2D eigenvalue weighted by atomic mass is 32.2. The average molecular weight is 335 g/mol. The van der Waals surface area contributed by atoms with Gasteiger partial charge in [-0.05, 0) is 31.2 Å². The summed E-state index contributed by atoms with van der Waals surface area (Å²) in [4.78, 5) is 11.4. The van der Waals surface area contributed by atoms with E-state index in [2.05, 4.69) is 4.72 Å². The predicted octanol–water partition coefficient (Wildman–Crippen LogP) is 2.71. The minimum atomic E-state index is -3.87. The Morgan fingerprint density at radius 2 is 1.78 bits per heavy atom. The molecule has 0 aliphatic carbocycles. The van der Waals surface area contributed by atoms with Crippen molar-refractivity contribution in [1.29, 1.82) is 0 Å². The first-order chi connectivity index (χ1) is 10.9. The van der Waals surface area contributed by atoms with E-state index in [0.717, 1.165) is 0 Å². The van der Waals surface area contributed by atoms with Crippen molar-refractivity contribution in [3.05, 3.63) is 48.0 Å². The zero-order valence-corrected chi connectivity index (χ0v) is 13.8. The molecule has 0 aromatic heterocycles. The van der Waals surface area contributed by atoms with E-state index in [1.165, 1.54) is 45.4 Å². The number of anilines is 1. The summed E-state index contributed by atoms with van der Waals surface area (Å²) in [5, 5.41) is 0. The smallest absolute Gasteiger partial charge is 0.265 e. The maximum absolute atomic E-state index is 12.5. The van der Waals surface area contributed by atoms with Crippen molar-refractivity contribution >= 4 is 21.5 Å². The Morgan fingerprint density at radius 1 is 1.04 bits per heavy atom. The molecule has 0 saturated heterocycles. The van der Waals surface area contributed by atoms with Crippen molar-refractivity contribution in [1.82, 2.24) is 0 Å². The Morgan fingerprint density at radius 3 is 2.39 bits per heavy atom. The van der Waals surface area contributed by atoms with E-state index in [4.69, 9.17) is 9.47 Å². The van der Waals surface area contributed by atoms with Gasteiger partial charge >= 0.3 is 0 Å². The van der Waals surface area contributed by atoms with Gasteiger partial charge in [-0.1, -0.05) is 12.1 Å². The zero-order chi connectivity index (χ0) is 17.0. The molecule has 0 fully saturated rings. The molecule has 6 nitrogen and oxygen atoms in total. The molecule has 2 aromatic rings. The molecular formula is C16H17NO5S. The lowest BCUT2D eigenvalue weighted by molar-refractivity contribution is 0.101. The molecule has 0 unspecified atom stereocenters. The highest BCUT2D eigenvalue weighted by Gasteiger charge is 2.20. The number of nitrogens with one attached hydrogen (secondary N) is 1. The third-order valence-corrected chi connectivity index (χ3v) is 4.60. The molecule has 0 bridgehead atoms. The minimum absolute atomic E-state index is 0.0194. The van der Waals surface area contributed by atoms with Crippen molar-refractivity contribution in [2.24, 2.45) is 0 Å². The fraction of sp³-hybridized carbons (Fsp3) is 0.188. The summed E-state index contributed by atoms with van der Waals surface area (Å²) in [6, 6.07) is 10.7. The van der Waals surface area contributed by atoms with Gasteiger partial charge in [0.15, 0.2) is 5.78 Å². The van der Waals surface area contributed by atoms with Crippen LogP contribution in [0, 0.1) is 0 Å². The quantitative estimate of drug-likeness (QED) is 0.821. The van der Waals surface area contributed by atoms with Crippen LogP contribution in [-0.2, 0) is 10.0 Å². The number of rotatable bonds is 6. The first-order valence-corrected chi connectivity index (χ1v) is 8.21. The number of carbonyl (C=O) groups is 1. The van der Waals surface area contributed by atoms with Gasteiger partial charge in [0, 0.05) is 17.3 Å². The summed E-state index contributed by atoms with van der Waals surface area (Å²) in [7, 11) is -1.01. The van der Waals surface area contributed by atoms with E-state index in [-0.39, 0.29) is 16.4 Å². The van der Waals surface area contributed by atoms with Crippen LogP contribution in [0.5, 0.6) is 11.5 Å². The van der Waals surface area contributed by atoms with Crippen molar-refractivity contribution in [3.8, 4) is 11.5 Å². The molecule has 0 spiro atoms. The fourth-order valence-corrected chi connectivity index (χ4v) is 3.21. The van der Waals surface area contributed by atoms with Gasteiger partial charge in [0.25, 0.3) is 10.0 Å². The summed E-state index contributed by atoms with van der Waals surface area (Å²) in [5.74, 6) is 0.507. The fourth-order valence-electron chi connectivity index (χ4n) is 2.01. The molecule has 2 aromatic carbocycles. The zero-order valence-electron chi connectivity index (χ0n) is 13.0. The SMILES string of the molecule is COc1ccc(S(=O)(=O)Nc2cccc(C(C)=O)c2)c(OC)c1. The summed E-state index contributed by atoms with van der Waals surface area (Å²) >= 11 is 0. The first kappa shape index (κ1) is 16.8. The van der Waals surface area contributed by atoms with Crippen molar-refractivity contribution in [3.63, 3.8) is 0 Å². The van der Waals surface area contributed by atoms with Crippen LogP contribution in [0.1, 0.15) is 17.3 Å². The molecule has 0 aliphatic heterocycles. The number of methoxy groups -OCH3 is 2. The van der Waals surface area contributed by atoms with Crippen LogP contribution >= 0.6 is 0 Å². The van der Waals surface area contributed by atoms with Crippen molar-refractivity contribution in [2.45, 2.75) is 11.8 Å². The van der Waals surface area contributed by atoms with Crippen LogP contribution < -0.4 is 14.2 Å². The van der Waals surface area contributed by atoms with E-state index in [1.807, 2.05) is 0 Å². The lowest BCUT2D eigenvalue weighted by Gasteiger charge is -2.13. The summed E-state index contributed by atoms with van der Waals surface area (Å²) < 4.78 is 37.7. The number of hydrogen-bond donors (Lipinski definition) is 1. The Balaban J connectivity index is 2.39. The third kappa shape index (κ3) is 3.81. The number of carbonyl (C=O) groups excluding carboxylic acids is 1. The van der Waals surface area contributed by atoms with Gasteiger partial charge < -0.3 is 9.47 Å². The number of ether oxygens (including phenoxy) is 2. The molecular weight excluding hydrogens is 318 g/mol. The van der Waals surface area contributed by atoms with Crippen LogP contribution in [0.2, 0.25) is 0 Å². The molecule has 7 heteroatoms. The predicted molar refractivity (Wildman–Crippen MR) is 86.8 cm³/mol. The molecule has 0 radical (unpaired) electrons. The Hall–Kier alpha value is -2.54. The second-order valence-corrected chi connectivity index (χ2v) is 6.41. The largest absolute Gasteiger partial charge is 0.497 e. The minimum Gasteiger partial charge on any atom is -0.497 e. The van der Waals surface area contributed by atoms with E-state index in [1.54, 1.807) is 18.2 Å². The molecule has 0 saturated carbocycles. The van der Waals surface area contributed by atoms with Gasteiger partial charge in [-0.15, -0.1) is 0 Å². The van der Waals surface area contributed by atoms with Crippen LogP contribution in [0.4, 0.5) is 5.69 Å². The van der Waals surface area contributed by atoms with E-state index in [9.17, 15) is 13.2 Å². The van der Waals surface area contributed by atoms with Crippen LogP contribution in [0.3, 0.4) is 0 Å². The highest BCUT2D eigenvalue weighted by molar-refractivity contribution is 7.92. The van der Waals surface area contributed by atoms with Crippen LogP contribution in [0.15, 0.2) is 47.4 Å². The molecule has 0 aliphatic rings. The van der Waals surface area contributed by atoms with Crippen molar-refractivity contribution in [2.75, 3.05) is 18.9 Å². The molecule has 23 heavy (non-hydrogen) atoms. The van der Waals surface area contributed by atoms with E-state index < -0.39 is 10.0 Å². The summed E-state index contributed by atoms with van der Waals surface area (Å²) in [6.45, 7) is 1.42. The van der Waals surface area contributed by atoms with Crippen LogP contribution in [-0.4, -0.2) is 28.4 Å². The first-order valence-electron chi connectivity index (χ1n) is 6.73. The van der Waals surface area contributed by atoms with Gasteiger partial charge in [0.1, 0.15) is 16.4 Å². The lowest BCUT2D eigenvalue weighted by atomic mass is 10.1. The number of Topliss-reactive ketones (excluding diaryl/α,β-unsaturated/α-hetero) is 1. The molecule has 2 rings (SSSR count). The van der Waals surface area contributed by atoms with Gasteiger partial charge in [-0.2, -0.15) is 0 Å². The maximum atomic E-state index is 12.5. The van der Waals surface area contributed by atoms with Gasteiger partial charge in [-0.3, -0.25) is 9.52 Å². The number of hydrogen-bond acceptors (Lipinski definition) is 5. The number of ketones is 1. The van der Waals surface area contributed by atoms with E-state index >= 15 is 0 Å². The average Bonchev–Trinajstić information content (AvgIpc) is 2.53. The monoisotopic (exact) mass is 335 g/mol.